The van der Waals surface area contributed by atoms with E-state index >= 15 is 0 Å². The number of allylic oxidation sites excluding steroid dienone is 2. The van der Waals surface area contributed by atoms with Crippen molar-refractivity contribution in [2.75, 3.05) is 27.2 Å². The molecule has 272 valence electrons. The summed E-state index contributed by atoms with van der Waals surface area (Å²) >= 11 is 0. The van der Waals surface area contributed by atoms with E-state index in [0.29, 0.717) is 19.4 Å². The number of rotatable bonds is 36. The highest BCUT2D eigenvalue weighted by Crippen LogP contribution is 2.13. The summed E-state index contributed by atoms with van der Waals surface area (Å²) in [5.41, 5.74) is 0. The highest BCUT2D eigenvalue weighted by atomic mass is 16.2. The molecule has 2 N–H and O–H groups in total. The molecule has 0 aliphatic rings. The fraction of sp³-hybridized carbons (Fsp3) is 0.902. The number of carbonyl (C=O) groups is 2. The lowest BCUT2D eigenvalue weighted by molar-refractivity contribution is -0.129. The van der Waals surface area contributed by atoms with Gasteiger partial charge in [-0.15, -0.1) is 0 Å². The summed E-state index contributed by atoms with van der Waals surface area (Å²) in [5, 5.41) is 6.18. The van der Waals surface area contributed by atoms with Gasteiger partial charge in [0.2, 0.25) is 11.8 Å². The number of nitrogens with zero attached hydrogens (tertiary/aromatic N) is 1. The Morgan fingerprint density at radius 2 is 0.957 bits per heavy atom. The number of unbranched alkanes of at least 4 members (excludes halogenated alkanes) is 24. The second-order valence-corrected chi connectivity index (χ2v) is 14.3. The van der Waals surface area contributed by atoms with Crippen LogP contribution in [0.3, 0.4) is 0 Å². The molecule has 0 aliphatic heterocycles. The van der Waals surface area contributed by atoms with E-state index in [4.69, 9.17) is 0 Å². The Bertz CT molecular complexity index is 679. The number of hydrogen-bond donors (Lipinski definition) is 2. The Morgan fingerprint density at radius 3 is 1.41 bits per heavy atom. The van der Waals surface area contributed by atoms with Crippen LogP contribution in [0.15, 0.2) is 12.2 Å². The van der Waals surface area contributed by atoms with Crippen molar-refractivity contribution in [1.82, 2.24) is 15.5 Å². The van der Waals surface area contributed by atoms with E-state index in [1.807, 2.05) is 0 Å². The number of hydrogen-bond acceptors (Lipinski definition) is 3. The Balaban J connectivity index is 3.93. The fourth-order valence-electron chi connectivity index (χ4n) is 6.16. The van der Waals surface area contributed by atoms with E-state index in [9.17, 15) is 9.59 Å². The lowest BCUT2D eigenvalue weighted by Crippen LogP contribution is -2.47. The molecule has 0 heterocycles. The molecule has 0 fully saturated rings. The standard InChI is InChI=1S/C41H81N3O2/c1-5-7-9-11-13-15-17-19-21-22-24-26-28-30-32-36-40(45)43-39(35-34-38-44(3)4)41(46)42-37-33-31-29-27-25-23-20-18-16-14-12-10-8-6-2/h19,21,39H,5-18,20,22-38H2,1-4H3,(H,42,46)(H,43,45). The van der Waals surface area contributed by atoms with Crippen LogP contribution >= 0.6 is 0 Å². The van der Waals surface area contributed by atoms with Gasteiger partial charge >= 0.3 is 0 Å². The number of carbonyl (C=O) groups excluding carboxylic acids is 2. The molecule has 0 aliphatic carbocycles. The van der Waals surface area contributed by atoms with Gasteiger partial charge in [-0.2, -0.15) is 0 Å². The lowest BCUT2D eigenvalue weighted by atomic mass is 10.0. The van der Waals surface area contributed by atoms with E-state index in [-0.39, 0.29) is 11.8 Å². The minimum absolute atomic E-state index is 0.00801. The first-order valence-electron chi connectivity index (χ1n) is 20.4. The molecule has 1 atom stereocenters. The van der Waals surface area contributed by atoms with E-state index in [1.165, 1.54) is 154 Å². The topological polar surface area (TPSA) is 61.4 Å². The SMILES string of the molecule is CCCCCCCCC=CCCCCCCCC(=O)NC(CCCN(C)C)C(=O)NCCCCCCCCCCCCCCCC. The van der Waals surface area contributed by atoms with Gasteiger partial charge < -0.3 is 15.5 Å². The zero-order valence-corrected chi connectivity index (χ0v) is 31.6. The molecular formula is C41H81N3O2. The van der Waals surface area contributed by atoms with Gasteiger partial charge in [0.1, 0.15) is 6.04 Å². The van der Waals surface area contributed by atoms with Gasteiger partial charge in [-0.05, 0) is 72.0 Å². The third kappa shape index (κ3) is 34.0. The molecule has 0 spiro atoms. The van der Waals surface area contributed by atoms with Gasteiger partial charge in [0.05, 0.1) is 0 Å². The molecule has 0 bridgehead atoms. The van der Waals surface area contributed by atoms with Crippen LogP contribution in [-0.2, 0) is 9.59 Å². The quantitative estimate of drug-likeness (QED) is 0.0525. The molecule has 0 aromatic carbocycles. The lowest BCUT2D eigenvalue weighted by Gasteiger charge is -2.19. The summed E-state index contributed by atoms with van der Waals surface area (Å²) in [6, 6.07) is -0.415. The molecular weight excluding hydrogens is 566 g/mol. The summed E-state index contributed by atoms with van der Waals surface area (Å²) in [6.07, 6.45) is 41.8. The van der Waals surface area contributed by atoms with Crippen LogP contribution in [0.2, 0.25) is 0 Å². The first-order chi connectivity index (χ1) is 22.5. The van der Waals surface area contributed by atoms with Crippen molar-refractivity contribution in [1.29, 1.82) is 0 Å². The smallest absolute Gasteiger partial charge is 0.242 e. The van der Waals surface area contributed by atoms with Crippen LogP contribution in [0.25, 0.3) is 0 Å². The molecule has 0 rings (SSSR count). The molecule has 46 heavy (non-hydrogen) atoms. The first-order valence-corrected chi connectivity index (χ1v) is 20.4. The van der Waals surface area contributed by atoms with Crippen molar-refractivity contribution in [2.24, 2.45) is 0 Å². The summed E-state index contributed by atoms with van der Waals surface area (Å²) in [6.45, 7) is 6.19. The van der Waals surface area contributed by atoms with Crippen LogP contribution in [-0.4, -0.2) is 49.9 Å². The highest BCUT2D eigenvalue weighted by Gasteiger charge is 2.20. The molecule has 5 heteroatoms. The third-order valence-corrected chi connectivity index (χ3v) is 9.25. The maximum atomic E-state index is 13.0. The number of nitrogens with one attached hydrogen (secondary N) is 2. The van der Waals surface area contributed by atoms with Crippen LogP contribution in [0, 0.1) is 0 Å². The second kappa shape index (κ2) is 36.5. The van der Waals surface area contributed by atoms with Crippen molar-refractivity contribution in [3.8, 4) is 0 Å². The molecule has 0 saturated carbocycles. The van der Waals surface area contributed by atoms with Gasteiger partial charge in [-0.25, -0.2) is 0 Å². The van der Waals surface area contributed by atoms with Crippen molar-refractivity contribution >= 4 is 11.8 Å². The van der Waals surface area contributed by atoms with E-state index in [1.54, 1.807) is 0 Å². The molecule has 1 unspecified atom stereocenters. The Morgan fingerprint density at radius 1 is 0.543 bits per heavy atom. The average Bonchev–Trinajstić information content (AvgIpc) is 3.04. The summed E-state index contributed by atoms with van der Waals surface area (Å²) in [5.74, 6) is 0.0190. The van der Waals surface area contributed by atoms with Gasteiger partial charge in [-0.3, -0.25) is 9.59 Å². The van der Waals surface area contributed by atoms with Crippen molar-refractivity contribution in [3.05, 3.63) is 12.2 Å². The molecule has 0 radical (unpaired) electrons. The molecule has 0 aromatic heterocycles. The Kier molecular flexibility index (Phi) is 35.4. The van der Waals surface area contributed by atoms with Gasteiger partial charge in [0.25, 0.3) is 0 Å². The van der Waals surface area contributed by atoms with E-state index in [2.05, 4.69) is 55.6 Å². The van der Waals surface area contributed by atoms with Gasteiger partial charge in [0, 0.05) is 13.0 Å². The average molecular weight is 648 g/mol. The van der Waals surface area contributed by atoms with Gasteiger partial charge in [-0.1, -0.05) is 161 Å². The van der Waals surface area contributed by atoms with Crippen molar-refractivity contribution < 1.29 is 9.59 Å². The second-order valence-electron chi connectivity index (χ2n) is 14.3. The molecule has 2 amide bonds. The van der Waals surface area contributed by atoms with Gasteiger partial charge in [0.15, 0.2) is 0 Å². The summed E-state index contributed by atoms with van der Waals surface area (Å²) in [7, 11) is 4.10. The zero-order valence-electron chi connectivity index (χ0n) is 31.6. The Hall–Kier alpha value is -1.36. The van der Waals surface area contributed by atoms with E-state index < -0.39 is 6.04 Å². The van der Waals surface area contributed by atoms with Crippen molar-refractivity contribution in [3.63, 3.8) is 0 Å². The number of amides is 2. The van der Waals surface area contributed by atoms with Crippen LogP contribution in [0.1, 0.15) is 206 Å². The highest BCUT2D eigenvalue weighted by molar-refractivity contribution is 5.87. The molecule has 0 saturated heterocycles. The largest absolute Gasteiger partial charge is 0.354 e. The van der Waals surface area contributed by atoms with Crippen LogP contribution in [0.5, 0.6) is 0 Å². The fourth-order valence-corrected chi connectivity index (χ4v) is 6.16. The predicted octanol–water partition coefficient (Wildman–Crippen LogP) is 11.4. The van der Waals surface area contributed by atoms with Crippen LogP contribution < -0.4 is 10.6 Å². The third-order valence-electron chi connectivity index (χ3n) is 9.25. The predicted molar refractivity (Wildman–Crippen MR) is 202 cm³/mol. The first kappa shape index (κ1) is 44.6. The Labute approximate surface area is 288 Å². The minimum Gasteiger partial charge on any atom is -0.354 e. The minimum atomic E-state index is -0.415. The maximum Gasteiger partial charge on any atom is 0.242 e. The molecule has 5 nitrogen and oxygen atoms in total. The maximum absolute atomic E-state index is 13.0. The molecule has 0 aromatic rings. The summed E-state index contributed by atoms with van der Waals surface area (Å²) in [4.78, 5) is 27.8. The van der Waals surface area contributed by atoms with Crippen molar-refractivity contribution in [2.45, 2.75) is 213 Å². The van der Waals surface area contributed by atoms with E-state index in [0.717, 1.165) is 32.2 Å². The normalized spacial score (nSPS) is 12.3. The summed E-state index contributed by atoms with van der Waals surface area (Å²) < 4.78 is 0. The monoisotopic (exact) mass is 648 g/mol. The zero-order chi connectivity index (χ0) is 33.8. The van der Waals surface area contributed by atoms with Crippen LogP contribution in [0.4, 0.5) is 0 Å².